The molecule has 0 saturated carbocycles. The molecule has 1 atom stereocenters. The highest BCUT2D eigenvalue weighted by Gasteiger charge is 2.28. The van der Waals surface area contributed by atoms with E-state index in [4.69, 9.17) is 16.3 Å². The van der Waals surface area contributed by atoms with Crippen LogP contribution in [0.3, 0.4) is 0 Å². The van der Waals surface area contributed by atoms with Crippen LogP contribution in [0.2, 0.25) is 5.02 Å². The van der Waals surface area contributed by atoms with Gasteiger partial charge in [0.2, 0.25) is 5.91 Å². The summed E-state index contributed by atoms with van der Waals surface area (Å²) in [5.41, 5.74) is 2.39. The summed E-state index contributed by atoms with van der Waals surface area (Å²) in [6.45, 7) is 4.30. The molecule has 6 heteroatoms. The first-order valence-corrected chi connectivity index (χ1v) is 10.2. The fourth-order valence-corrected chi connectivity index (χ4v) is 4.79. The molecule has 1 aromatic heterocycles. The number of benzene rings is 1. The van der Waals surface area contributed by atoms with Crippen molar-refractivity contribution in [2.75, 3.05) is 11.9 Å². The van der Waals surface area contributed by atoms with Crippen molar-refractivity contribution in [2.45, 2.75) is 33.1 Å². The van der Waals surface area contributed by atoms with Crippen LogP contribution in [-0.4, -0.2) is 18.5 Å². The molecule has 1 aliphatic carbocycles. The van der Waals surface area contributed by atoms with E-state index >= 15 is 0 Å². The Morgan fingerprint density at radius 3 is 2.96 bits per heavy atom. The second-order valence-electron chi connectivity index (χ2n) is 6.65. The van der Waals surface area contributed by atoms with Crippen LogP contribution in [0.1, 0.15) is 46.6 Å². The molecule has 1 aliphatic rings. The zero-order chi connectivity index (χ0) is 19.4. The third-order valence-electron chi connectivity index (χ3n) is 4.50. The van der Waals surface area contributed by atoms with Crippen LogP contribution in [-0.2, 0) is 22.4 Å². The van der Waals surface area contributed by atoms with Gasteiger partial charge in [0, 0.05) is 16.0 Å². The van der Waals surface area contributed by atoms with Gasteiger partial charge < -0.3 is 10.1 Å². The fraction of sp³-hybridized carbons (Fsp3) is 0.333. The van der Waals surface area contributed by atoms with E-state index in [0.29, 0.717) is 28.1 Å². The molecule has 3 rings (SSSR count). The fourth-order valence-electron chi connectivity index (χ4n) is 3.19. The topological polar surface area (TPSA) is 55.4 Å². The van der Waals surface area contributed by atoms with Gasteiger partial charge >= 0.3 is 5.97 Å². The molecule has 0 saturated heterocycles. The summed E-state index contributed by atoms with van der Waals surface area (Å²) in [6.07, 6.45) is 5.96. The van der Waals surface area contributed by atoms with Crippen LogP contribution in [0.15, 0.2) is 30.3 Å². The molecular weight excluding hydrogens is 382 g/mol. The first-order valence-electron chi connectivity index (χ1n) is 9.04. The highest BCUT2D eigenvalue weighted by Crippen LogP contribution is 2.40. The van der Waals surface area contributed by atoms with E-state index in [-0.39, 0.29) is 11.9 Å². The Morgan fingerprint density at radius 1 is 1.41 bits per heavy atom. The maximum absolute atomic E-state index is 12.5. The quantitative estimate of drug-likeness (QED) is 0.540. The lowest BCUT2D eigenvalue weighted by Crippen LogP contribution is -2.15. The van der Waals surface area contributed by atoms with Crippen molar-refractivity contribution in [1.29, 1.82) is 0 Å². The monoisotopic (exact) mass is 403 g/mol. The number of hydrogen-bond acceptors (Lipinski definition) is 4. The first kappa shape index (κ1) is 19.6. The predicted octanol–water partition coefficient (Wildman–Crippen LogP) is 5.35. The predicted molar refractivity (Wildman–Crippen MR) is 111 cm³/mol. The molecule has 0 spiro atoms. The number of carbonyl (C=O) groups is 2. The zero-order valence-corrected chi connectivity index (χ0v) is 17.0. The lowest BCUT2D eigenvalue weighted by Gasteiger charge is -2.18. The van der Waals surface area contributed by atoms with Crippen molar-refractivity contribution in [2.24, 2.45) is 5.92 Å². The molecule has 2 aromatic rings. The molecule has 142 valence electrons. The summed E-state index contributed by atoms with van der Waals surface area (Å²) in [4.78, 5) is 26.1. The molecule has 0 aliphatic heterocycles. The summed E-state index contributed by atoms with van der Waals surface area (Å²) in [5, 5.41) is 4.06. The van der Waals surface area contributed by atoms with Gasteiger partial charge in [-0.1, -0.05) is 30.7 Å². The minimum absolute atomic E-state index is 0.285. The molecule has 1 amide bonds. The van der Waals surface area contributed by atoms with E-state index in [9.17, 15) is 9.59 Å². The van der Waals surface area contributed by atoms with Crippen LogP contribution < -0.4 is 5.32 Å². The summed E-state index contributed by atoms with van der Waals surface area (Å²) < 4.78 is 5.23. The number of hydrogen-bond donors (Lipinski definition) is 1. The van der Waals surface area contributed by atoms with Gasteiger partial charge in [0.1, 0.15) is 5.00 Å². The number of anilines is 1. The van der Waals surface area contributed by atoms with Gasteiger partial charge in [0.15, 0.2) is 0 Å². The molecule has 4 nitrogen and oxygen atoms in total. The standard InChI is InChI=1S/C21H22ClNO3S/c1-3-26-21(25)19-16-9-7-13(2)11-17(16)27-20(19)23-18(24)10-8-14-5-4-6-15(22)12-14/h4-6,8,10,12-13H,3,7,9,11H2,1-2H3,(H,23,24)/b10-8+. The van der Waals surface area contributed by atoms with E-state index in [2.05, 4.69) is 12.2 Å². The van der Waals surface area contributed by atoms with Gasteiger partial charge in [-0.25, -0.2) is 4.79 Å². The van der Waals surface area contributed by atoms with Crippen molar-refractivity contribution < 1.29 is 14.3 Å². The maximum atomic E-state index is 12.5. The Morgan fingerprint density at radius 2 is 2.22 bits per heavy atom. The summed E-state index contributed by atoms with van der Waals surface area (Å²) in [7, 11) is 0. The molecule has 0 radical (unpaired) electrons. The number of nitrogens with one attached hydrogen (secondary N) is 1. The van der Waals surface area contributed by atoms with Gasteiger partial charge in [-0.2, -0.15) is 0 Å². The van der Waals surface area contributed by atoms with Gasteiger partial charge in [0.25, 0.3) is 0 Å². The highest BCUT2D eigenvalue weighted by molar-refractivity contribution is 7.17. The lowest BCUT2D eigenvalue weighted by atomic mass is 9.88. The molecule has 0 fully saturated rings. The second-order valence-corrected chi connectivity index (χ2v) is 8.20. The number of rotatable bonds is 5. The summed E-state index contributed by atoms with van der Waals surface area (Å²) >= 11 is 7.45. The third-order valence-corrected chi connectivity index (χ3v) is 5.91. The number of thiophene rings is 1. The molecule has 1 N–H and O–H groups in total. The smallest absolute Gasteiger partial charge is 0.341 e. The van der Waals surface area contributed by atoms with E-state index in [0.717, 1.165) is 30.4 Å². The third kappa shape index (κ3) is 4.79. The van der Waals surface area contributed by atoms with Crippen LogP contribution >= 0.6 is 22.9 Å². The van der Waals surface area contributed by atoms with Gasteiger partial charge in [-0.3, -0.25) is 4.79 Å². The second kappa shape index (κ2) is 8.72. The van der Waals surface area contributed by atoms with Crippen molar-refractivity contribution in [3.05, 3.63) is 56.9 Å². The number of carbonyl (C=O) groups excluding carboxylic acids is 2. The molecule has 0 bridgehead atoms. The van der Waals surface area contributed by atoms with Crippen LogP contribution in [0.4, 0.5) is 5.00 Å². The summed E-state index contributed by atoms with van der Waals surface area (Å²) in [5.74, 6) is -0.0664. The van der Waals surface area contributed by atoms with Crippen LogP contribution in [0.25, 0.3) is 6.08 Å². The van der Waals surface area contributed by atoms with E-state index in [1.807, 2.05) is 12.1 Å². The zero-order valence-electron chi connectivity index (χ0n) is 15.4. The van der Waals surface area contributed by atoms with Crippen molar-refractivity contribution in [3.63, 3.8) is 0 Å². The Kier molecular flexibility index (Phi) is 6.34. The molecule has 1 unspecified atom stereocenters. The number of esters is 1. The minimum Gasteiger partial charge on any atom is -0.462 e. The molecule has 1 aromatic carbocycles. The van der Waals surface area contributed by atoms with E-state index in [1.54, 1.807) is 25.1 Å². The minimum atomic E-state index is -0.362. The Bertz CT molecular complexity index is 888. The molecular formula is C21H22ClNO3S. The number of fused-ring (bicyclic) bond motifs is 1. The first-order chi connectivity index (χ1) is 13.0. The van der Waals surface area contributed by atoms with Gasteiger partial charge in [-0.15, -0.1) is 11.3 Å². The van der Waals surface area contributed by atoms with Crippen LogP contribution in [0, 0.1) is 5.92 Å². The van der Waals surface area contributed by atoms with Crippen LogP contribution in [0.5, 0.6) is 0 Å². The Hall–Kier alpha value is -2.11. The summed E-state index contributed by atoms with van der Waals surface area (Å²) in [6, 6.07) is 7.25. The molecule has 27 heavy (non-hydrogen) atoms. The SMILES string of the molecule is CCOC(=O)c1c(NC(=O)/C=C/c2cccc(Cl)c2)sc2c1CCC(C)C2. The van der Waals surface area contributed by atoms with Crippen molar-refractivity contribution >= 4 is 45.9 Å². The van der Waals surface area contributed by atoms with E-state index < -0.39 is 0 Å². The van der Waals surface area contributed by atoms with E-state index in [1.165, 1.54) is 22.3 Å². The number of amides is 1. The Labute approximate surface area is 168 Å². The maximum Gasteiger partial charge on any atom is 0.341 e. The normalized spacial score (nSPS) is 16.2. The highest BCUT2D eigenvalue weighted by atomic mass is 35.5. The largest absolute Gasteiger partial charge is 0.462 e. The van der Waals surface area contributed by atoms with Crippen molar-refractivity contribution in [1.82, 2.24) is 0 Å². The number of ether oxygens (including phenoxy) is 1. The number of halogens is 1. The molecule has 1 heterocycles. The Balaban J connectivity index is 1.83. The average molecular weight is 404 g/mol. The lowest BCUT2D eigenvalue weighted by molar-refractivity contribution is -0.111. The van der Waals surface area contributed by atoms with Crippen molar-refractivity contribution in [3.8, 4) is 0 Å². The average Bonchev–Trinajstić information content (AvgIpc) is 2.97. The van der Waals surface area contributed by atoms with Gasteiger partial charge in [0.05, 0.1) is 12.2 Å². The van der Waals surface area contributed by atoms with Gasteiger partial charge in [-0.05, 0) is 61.4 Å².